The maximum Gasteiger partial charge on any atom is 0.0382 e. The van der Waals surface area contributed by atoms with Gasteiger partial charge in [0, 0.05) is 25.2 Å². The van der Waals surface area contributed by atoms with E-state index in [0.717, 1.165) is 18.4 Å². The van der Waals surface area contributed by atoms with E-state index < -0.39 is 0 Å². The molecule has 0 aromatic heterocycles. The first kappa shape index (κ1) is 13.4. The van der Waals surface area contributed by atoms with E-state index in [1.165, 1.54) is 38.8 Å². The van der Waals surface area contributed by atoms with Crippen molar-refractivity contribution in [2.24, 2.45) is 23.0 Å². The normalized spacial score (nSPS) is 42.9. The van der Waals surface area contributed by atoms with Crippen LogP contribution in [0.2, 0.25) is 0 Å². The number of piperidine rings is 1. The van der Waals surface area contributed by atoms with E-state index in [1.807, 2.05) is 0 Å². The van der Waals surface area contributed by atoms with Crippen LogP contribution >= 0.6 is 0 Å². The highest BCUT2D eigenvalue weighted by Crippen LogP contribution is 2.50. The molecule has 0 spiro atoms. The van der Waals surface area contributed by atoms with Crippen LogP contribution in [0.4, 0.5) is 0 Å². The summed E-state index contributed by atoms with van der Waals surface area (Å²) in [5, 5.41) is 0. The minimum atomic E-state index is 0.274. The lowest BCUT2D eigenvalue weighted by molar-refractivity contribution is -0.0279. The molecule has 2 heteroatoms. The van der Waals surface area contributed by atoms with Gasteiger partial charge in [-0.15, -0.1) is 0 Å². The molecule has 2 aliphatic rings. The van der Waals surface area contributed by atoms with Crippen molar-refractivity contribution in [3.8, 4) is 0 Å². The fourth-order valence-corrected chi connectivity index (χ4v) is 4.50. The molecule has 2 fully saturated rings. The molecule has 0 aromatic carbocycles. The molecule has 1 aliphatic carbocycles. The highest BCUT2D eigenvalue weighted by molar-refractivity contribution is 5.08. The van der Waals surface area contributed by atoms with E-state index in [-0.39, 0.29) is 5.54 Å². The van der Waals surface area contributed by atoms with Gasteiger partial charge in [-0.05, 0) is 36.5 Å². The number of hydrogen-bond acceptors (Lipinski definition) is 2. The molecule has 1 heterocycles. The Kier molecular flexibility index (Phi) is 3.57. The molecular weight excluding hydrogens is 208 g/mol. The van der Waals surface area contributed by atoms with Crippen molar-refractivity contribution in [3.63, 3.8) is 0 Å². The largest absolute Gasteiger partial charge is 0.329 e. The molecule has 3 atom stereocenters. The van der Waals surface area contributed by atoms with Crippen LogP contribution in [0.3, 0.4) is 0 Å². The summed E-state index contributed by atoms with van der Waals surface area (Å²) in [4.78, 5) is 2.75. The lowest BCUT2D eigenvalue weighted by Gasteiger charge is -2.53. The number of nitrogens with two attached hydrogens (primary N) is 1. The summed E-state index contributed by atoms with van der Waals surface area (Å²) in [5.41, 5.74) is 6.89. The molecule has 0 bridgehead atoms. The molecule has 0 radical (unpaired) electrons. The van der Waals surface area contributed by atoms with E-state index in [2.05, 4.69) is 32.6 Å². The van der Waals surface area contributed by atoms with E-state index in [0.29, 0.717) is 5.41 Å². The Morgan fingerprint density at radius 3 is 2.12 bits per heavy atom. The van der Waals surface area contributed by atoms with Gasteiger partial charge in [0.2, 0.25) is 0 Å². The van der Waals surface area contributed by atoms with Gasteiger partial charge in [-0.3, -0.25) is 4.90 Å². The fourth-order valence-electron chi connectivity index (χ4n) is 4.50. The lowest BCUT2D eigenvalue weighted by Crippen LogP contribution is -2.62. The molecule has 1 saturated heterocycles. The van der Waals surface area contributed by atoms with Crippen molar-refractivity contribution in [2.45, 2.75) is 58.9 Å². The summed E-state index contributed by atoms with van der Waals surface area (Å²) in [6.07, 6.45) is 5.38. The second kappa shape index (κ2) is 4.55. The van der Waals surface area contributed by atoms with Crippen LogP contribution in [0.1, 0.15) is 53.4 Å². The van der Waals surface area contributed by atoms with Gasteiger partial charge >= 0.3 is 0 Å². The molecule has 2 rings (SSSR count). The van der Waals surface area contributed by atoms with Crippen LogP contribution in [0.25, 0.3) is 0 Å². The zero-order valence-electron chi connectivity index (χ0n) is 12.1. The summed E-state index contributed by atoms with van der Waals surface area (Å²) < 4.78 is 0. The Hall–Kier alpha value is -0.0800. The van der Waals surface area contributed by atoms with Gasteiger partial charge in [0.15, 0.2) is 0 Å². The Balaban J connectivity index is 2.23. The van der Waals surface area contributed by atoms with Crippen molar-refractivity contribution in [1.82, 2.24) is 4.90 Å². The van der Waals surface area contributed by atoms with E-state index in [9.17, 15) is 0 Å². The molecule has 2 nitrogen and oxygen atoms in total. The zero-order chi connectivity index (χ0) is 12.7. The second-order valence-electron chi connectivity index (χ2n) is 7.32. The van der Waals surface area contributed by atoms with Gasteiger partial charge in [-0.1, -0.05) is 34.1 Å². The van der Waals surface area contributed by atoms with Crippen LogP contribution in [0.5, 0.6) is 0 Å². The summed E-state index contributed by atoms with van der Waals surface area (Å²) in [6, 6.07) is 0. The first-order chi connectivity index (χ1) is 7.91. The van der Waals surface area contributed by atoms with E-state index in [1.54, 1.807) is 0 Å². The quantitative estimate of drug-likeness (QED) is 0.801. The van der Waals surface area contributed by atoms with Gasteiger partial charge in [-0.2, -0.15) is 0 Å². The van der Waals surface area contributed by atoms with E-state index >= 15 is 0 Å². The van der Waals surface area contributed by atoms with Gasteiger partial charge in [0.05, 0.1) is 0 Å². The Labute approximate surface area is 107 Å². The number of likely N-dealkylation sites (tertiary alicyclic amines) is 1. The van der Waals surface area contributed by atoms with Crippen molar-refractivity contribution in [3.05, 3.63) is 0 Å². The summed E-state index contributed by atoms with van der Waals surface area (Å²) >= 11 is 0. The van der Waals surface area contributed by atoms with Crippen molar-refractivity contribution >= 4 is 0 Å². The predicted molar refractivity (Wildman–Crippen MR) is 73.9 cm³/mol. The van der Waals surface area contributed by atoms with Gasteiger partial charge in [-0.25, -0.2) is 0 Å². The maximum atomic E-state index is 6.22. The summed E-state index contributed by atoms with van der Waals surface area (Å²) in [5.74, 6) is 1.66. The van der Waals surface area contributed by atoms with Crippen LogP contribution in [0, 0.1) is 17.3 Å². The highest BCUT2D eigenvalue weighted by atomic mass is 15.2. The lowest BCUT2D eigenvalue weighted by atomic mass is 9.72. The molecule has 1 saturated carbocycles. The van der Waals surface area contributed by atoms with Crippen LogP contribution in [0.15, 0.2) is 0 Å². The molecule has 0 aromatic rings. The molecule has 17 heavy (non-hydrogen) atoms. The third kappa shape index (κ3) is 2.15. The molecule has 3 unspecified atom stereocenters. The Morgan fingerprint density at radius 1 is 1.12 bits per heavy atom. The van der Waals surface area contributed by atoms with Gasteiger partial charge < -0.3 is 5.73 Å². The highest BCUT2D eigenvalue weighted by Gasteiger charge is 2.52. The van der Waals surface area contributed by atoms with Crippen molar-refractivity contribution < 1.29 is 0 Å². The standard InChI is InChI=1S/C15H30N2/c1-12-8-13(2)10-17(9-12)15(11-16)7-5-6-14(15,3)4/h12-13H,5-11,16H2,1-4H3. The predicted octanol–water partition coefficient (Wildman–Crippen LogP) is 2.87. The number of hydrogen-bond donors (Lipinski definition) is 1. The Bertz CT molecular complexity index is 264. The SMILES string of the molecule is CC1CC(C)CN(C2(CN)CCCC2(C)C)C1. The number of nitrogens with zero attached hydrogens (tertiary/aromatic N) is 1. The third-order valence-electron chi connectivity index (χ3n) is 5.46. The molecule has 0 amide bonds. The first-order valence-electron chi connectivity index (χ1n) is 7.36. The topological polar surface area (TPSA) is 29.3 Å². The molecule has 2 N–H and O–H groups in total. The minimum absolute atomic E-state index is 0.274. The van der Waals surface area contributed by atoms with Crippen LogP contribution in [-0.2, 0) is 0 Å². The summed E-state index contributed by atoms with van der Waals surface area (Å²) in [6.45, 7) is 13.0. The maximum absolute atomic E-state index is 6.22. The smallest absolute Gasteiger partial charge is 0.0382 e. The average Bonchev–Trinajstić information content (AvgIpc) is 2.52. The molecule has 100 valence electrons. The van der Waals surface area contributed by atoms with Crippen LogP contribution in [-0.4, -0.2) is 30.1 Å². The minimum Gasteiger partial charge on any atom is -0.329 e. The van der Waals surface area contributed by atoms with Gasteiger partial charge in [0.25, 0.3) is 0 Å². The van der Waals surface area contributed by atoms with Crippen LogP contribution < -0.4 is 5.73 Å². The monoisotopic (exact) mass is 238 g/mol. The third-order valence-corrected chi connectivity index (χ3v) is 5.46. The molecular formula is C15H30N2. The first-order valence-corrected chi connectivity index (χ1v) is 7.36. The average molecular weight is 238 g/mol. The summed E-state index contributed by atoms with van der Waals surface area (Å²) in [7, 11) is 0. The van der Waals surface area contributed by atoms with E-state index in [4.69, 9.17) is 5.73 Å². The van der Waals surface area contributed by atoms with Gasteiger partial charge in [0.1, 0.15) is 0 Å². The fraction of sp³-hybridized carbons (Fsp3) is 1.00. The van der Waals surface area contributed by atoms with Crippen molar-refractivity contribution in [1.29, 1.82) is 0 Å². The molecule has 1 aliphatic heterocycles. The van der Waals surface area contributed by atoms with Crippen molar-refractivity contribution in [2.75, 3.05) is 19.6 Å². The Morgan fingerprint density at radius 2 is 1.71 bits per heavy atom. The second-order valence-corrected chi connectivity index (χ2v) is 7.32. The zero-order valence-corrected chi connectivity index (χ0v) is 12.1. The number of rotatable bonds is 2.